The summed E-state index contributed by atoms with van der Waals surface area (Å²) < 4.78 is 4.96. The van der Waals surface area contributed by atoms with Crippen LogP contribution in [-0.2, 0) is 4.74 Å². The van der Waals surface area contributed by atoms with E-state index in [2.05, 4.69) is 25.2 Å². The third-order valence-corrected chi connectivity index (χ3v) is 2.23. The van der Waals surface area contributed by atoms with Crippen molar-refractivity contribution in [3.05, 3.63) is 0 Å². The fraction of sp³-hybridized carbons (Fsp3) is 0.900. The Morgan fingerprint density at radius 2 is 2.23 bits per heavy atom. The zero-order valence-corrected chi connectivity index (χ0v) is 9.05. The Bertz CT molecular complexity index is 176. The van der Waals surface area contributed by atoms with Crippen molar-refractivity contribution in [3.8, 4) is 6.07 Å². The molecular weight excluding hydrogens is 164 g/mol. The first-order valence-corrected chi connectivity index (χ1v) is 4.76. The number of nitrogens with one attached hydrogen (secondary N) is 1. The van der Waals surface area contributed by atoms with Crippen LogP contribution in [0.5, 0.6) is 0 Å². The molecule has 13 heavy (non-hydrogen) atoms. The lowest BCUT2D eigenvalue weighted by atomic mass is 9.99. The van der Waals surface area contributed by atoms with E-state index < -0.39 is 5.54 Å². The molecule has 0 aromatic rings. The van der Waals surface area contributed by atoms with E-state index in [9.17, 15) is 0 Å². The van der Waals surface area contributed by atoms with Gasteiger partial charge in [-0.1, -0.05) is 6.92 Å². The highest BCUT2D eigenvalue weighted by atomic mass is 16.5. The summed E-state index contributed by atoms with van der Waals surface area (Å²) in [5.41, 5.74) is -0.453. The average Bonchev–Trinajstić information content (AvgIpc) is 2.14. The van der Waals surface area contributed by atoms with Gasteiger partial charge in [0.25, 0.3) is 0 Å². The quantitative estimate of drug-likeness (QED) is 0.683. The Morgan fingerprint density at radius 1 is 1.62 bits per heavy atom. The first kappa shape index (κ1) is 12.4. The van der Waals surface area contributed by atoms with Crippen molar-refractivity contribution in [2.45, 2.75) is 45.2 Å². The Labute approximate surface area is 81.1 Å². The van der Waals surface area contributed by atoms with Crippen LogP contribution in [0.1, 0.15) is 33.6 Å². The second kappa shape index (κ2) is 5.95. The van der Waals surface area contributed by atoms with Crippen molar-refractivity contribution >= 4 is 0 Å². The number of hydrogen-bond acceptors (Lipinski definition) is 3. The molecular formula is C10H20N2O. The summed E-state index contributed by atoms with van der Waals surface area (Å²) >= 11 is 0. The van der Waals surface area contributed by atoms with Gasteiger partial charge in [-0.2, -0.15) is 5.26 Å². The number of nitriles is 1. The maximum atomic E-state index is 8.99. The van der Waals surface area contributed by atoms with E-state index in [0.717, 1.165) is 12.8 Å². The summed E-state index contributed by atoms with van der Waals surface area (Å²) in [7, 11) is 1.65. The van der Waals surface area contributed by atoms with E-state index in [0.29, 0.717) is 12.6 Å². The molecule has 0 bridgehead atoms. The molecule has 0 fully saturated rings. The predicted molar refractivity (Wildman–Crippen MR) is 53.4 cm³/mol. The minimum Gasteiger partial charge on any atom is -0.385 e. The highest BCUT2D eigenvalue weighted by Gasteiger charge is 2.24. The monoisotopic (exact) mass is 184 g/mol. The molecule has 0 aliphatic heterocycles. The van der Waals surface area contributed by atoms with Crippen LogP contribution in [0.25, 0.3) is 0 Å². The summed E-state index contributed by atoms with van der Waals surface area (Å²) in [6, 6.07) is 2.66. The van der Waals surface area contributed by atoms with Crippen LogP contribution in [0.4, 0.5) is 0 Å². The molecule has 0 radical (unpaired) electrons. The third-order valence-electron chi connectivity index (χ3n) is 2.23. The third kappa shape index (κ3) is 4.87. The maximum Gasteiger partial charge on any atom is 0.106 e. The standard InChI is InChI=1S/C10H20N2O/c1-5-9(2)12-10(3,8-11)6-7-13-4/h9,12H,5-7H2,1-4H3. The predicted octanol–water partition coefficient (Wildman–Crippen LogP) is 1.69. The fourth-order valence-electron chi connectivity index (χ4n) is 1.11. The van der Waals surface area contributed by atoms with Crippen LogP contribution in [0.2, 0.25) is 0 Å². The number of ether oxygens (including phenoxy) is 1. The van der Waals surface area contributed by atoms with Crippen molar-refractivity contribution in [2.24, 2.45) is 0 Å². The molecule has 0 rings (SSSR count). The maximum absolute atomic E-state index is 8.99. The van der Waals surface area contributed by atoms with Crippen molar-refractivity contribution < 1.29 is 4.74 Å². The van der Waals surface area contributed by atoms with Gasteiger partial charge in [0, 0.05) is 26.2 Å². The minimum atomic E-state index is -0.453. The molecule has 0 spiro atoms. The van der Waals surface area contributed by atoms with Crippen molar-refractivity contribution in [1.29, 1.82) is 5.26 Å². The lowest BCUT2D eigenvalue weighted by molar-refractivity contribution is 0.170. The summed E-state index contributed by atoms with van der Waals surface area (Å²) in [6.45, 7) is 6.72. The SMILES string of the molecule is CCC(C)NC(C)(C#N)CCOC. The van der Waals surface area contributed by atoms with Crippen LogP contribution < -0.4 is 5.32 Å². The highest BCUT2D eigenvalue weighted by molar-refractivity contribution is 5.04. The molecule has 76 valence electrons. The van der Waals surface area contributed by atoms with Gasteiger partial charge in [-0.3, -0.25) is 5.32 Å². The van der Waals surface area contributed by atoms with E-state index in [1.807, 2.05) is 6.92 Å². The lowest BCUT2D eigenvalue weighted by Crippen LogP contribution is -2.46. The molecule has 0 aliphatic rings. The lowest BCUT2D eigenvalue weighted by Gasteiger charge is -2.26. The van der Waals surface area contributed by atoms with Crippen molar-refractivity contribution in [2.75, 3.05) is 13.7 Å². The Hall–Kier alpha value is -0.590. The van der Waals surface area contributed by atoms with Gasteiger partial charge < -0.3 is 4.74 Å². The molecule has 1 N–H and O–H groups in total. The van der Waals surface area contributed by atoms with Crippen molar-refractivity contribution in [3.63, 3.8) is 0 Å². The van der Waals surface area contributed by atoms with Crippen LogP contribution in [0, 0.1) is 11.3 Å². The molecule has 0 aliphatic carbocycles. The molecule has 0 saturated carbocycles. The summed E-state index contributed by atoms with van der Waals surface area (Å²) in [5, 5.41) is 12.3. The van der Waals surface area contributed by atoms with Gasteiger partial charge in [0.15, 0.2) is 0 Å². The van der Waals surface area contributed by atoms with Gasteiger partial charge in [-0.15, -0.1) is 0 Å². The van der Waals surface area contributed by atoms with E-state index in [1.54, 1.807) is 7.11 Å². The van der Waals surface area contributed by atoms with Gasteiger partial charge in [-0.05, 0) is 20.3 Å². The Morgan fingerprint density at radius 3 is 2.62 bits per heavy atom. The summed E-state index contributed by atoms with van der Waals surface area (Å²) in [4.78, 5) is 0. The van der Waals surface area contributed by atoms with Gasteiger partial charge >= 0.3 is 0 Å². The highest BCUT2D eigenvalue weighted by Crippen LogP contribution is 2.10. The minimum absolute atomic E-state index is 0.376. The second-order valence-corrected chi connectivity index (χ2v) is 3.64. The topological polar surface area (TPSA) is 45.0 Å². The second-order valence-electron chi connectivity index (χ2n) is 3.64. The normalized spacial score (nSPS) is 17.5. The number of rotatable bonds is 6. The van der Waals surface area contributed by atoms with Crippen LogP contribution >= 0.6 is 0 Å². The summed E-state index contributed by atoms with van der Waals surface area (Å²) in [5.74, 6) is 0. The van der Waals surface area contributed by atoms with Crippen molar-refractivity contribution in [1.82, 2.24) is 5.32 Å². The van der Waals surface area contributed by atoms with E-state index in [1.165, 1.54) is 0 Å². The molecule has 2 unspecified atom stereocenters. The van der Waals surface area contributed by atoms with Crippen LogP contribution in [-0.4, -0.2) is 25.3 Å². The molecule has 3 heteroatoms. The first-order valence-electron chi connectivity index (χ1n) is 4.76. The smallest absolute Gasteiger partial charge is 0.106 e. The molecule has 0 aromatic carbocycles. The molecule has 0 heterocycles. The van der Waals surface area contributed by atoms with E-state index in [4.69, 9.17) is 10.00 Å². The fourth-order valence-corrected chi connectivity index (χ4v) is 1.11. The molecule has 0 saturated heterocycles. The largest absolute Gasteiger partial charge is 0.385 e. The van der Waals surface area contributed by atoms with Crippen LogP contribution in [0.3, 0.4) is 0 Å². The molecule has 3 nitrogen and oxygen atoms in total. The zero-order chi connectivity index (χ0) is 10.3. The van der Waals surface area contributed by atoms with E-state index in [-0.39, 0.29) is 0 Å². The molecule has 0 aromatic heterocycles. The van der Waals surface area contributed by atoms with Crippen LogP contribution in [0.15, 0.2) is 0 Å². The zero-order valence-electron chi connectivity index (χ0n) is 9.05. The number of hydrogen-bond donors (Lipinski definition) is 1. The van der Waals surface area contributed by atoms with Gasteiger partial charge in [0.1, 0.15) is 5.54 Å². The van der Waals surface area contributed by atoms with E-state index >= 15 is 0 Å². The molecule has 0 amide bonds. The first-order chi connectivity index (χ1) is 6.08. The Kier molecular flexibility index (Phi) is 5.68. The number of nitrogens with zero attached hydrogens (tertiary/aromatic N) is 1. The average molecular weight is 184 g/mol. The van der Waals surface area contributed by atoms with Gasteiger partial charge in [0.05, 0.1) is 6.07 Å². The summed E-state index contributed by atoms with van der Waals surface area (Å²) in [6.07, 6.45) is 1.76. The van der Waals surface area contributed by atoms with Gasteiger partial charge in [-0.25, -0.2) is 0 Å². The Balaban J connectivity index is 4.05. The van der Waals surface area contributed by atoms with Gasteiger partial charge in [0.2, 0.25) is 0 Å². The number of methoxy groups -OCH3 is 1. The molecule has 2 atom stereocenters.